The molecule has 25 heavy (non-hydrogen) atoms. The van der Waals surface area contributed by atoms with Crippen LogP contribution in [-0.2, 0) is 18.3 Å². The van der Waals surface area contributed by atoms with Crippen molar-refractivity contribution >= 4 is 11.7 Å². The van der Waals surface area contributed by atoms with Crippen molar-refractivity contribution in [2.24, 2.45) is 7.05 Å². The van der Waals surface area contributed by atoms with Gasteiger partial charge in [-0.3, -0.25) is 9.59 Å². The molecule has 0 aliphatic carbocycles. The van der Waals surface area contributed by atoms with Crippen LogP contribution in [0, 0.1) is 0 Å². The summed E-state index contributed by atoms with van der Waals surface area (Å²) < 4.78 is 6.59. The summed E-state index contributed by atoms with van der Waals surface area (Å²) in [6.07, 6.45) is 3.48. The van der Waals surface area contributed by atoms with Gasteiger partial charge in [-0.05, 0) is 6.07 Å². The second kappa shape index (κ2) is 7.33. The average Bonchev–Trinajstić information content (AvgIpc) is 2.64. The van der Waals surface area contributed by atoms with Crippen LogP contribution in [0.4, 0.5) is 5.82 Å². The maximum absolute atomic E-state index is 12.5. The van der Waals surface area contributed by atoms with E-state index in [1.807, 2.05) is 17.0 Å². The number of amides is 1. The topological polar surface area (TPSA) is 80.6 Å². The zero-order valence-corrected chi connectivity index (χ0v) is 14.4. The van der Waals surface area contributed by atoms with Crippen LogP contribution in [-0.4, -0.2) is 58.6 Å². The zero-order chi connectivity index (χ0) is 17.8. The second-order valence-corrected chi connectivity index (χ2v) is 5.88. The number of ether oxygens (including phenoxy) is 1. The molecule has 1 amide bonds. The first-order valence-electron chi connectivity index (χ1n) is 8.13. The molecule has 0 spiro atoms. The summed E-state index contributed by atoms with van der Waals surface area (Å²) in [6, 6.07) is 5.39. The highest BCUT2D eigenvalue weighted by atomic mass is 16.5. The van der Waals surface area contributed by atoms with E-state index >= 15 is 0 Å². The fourth-order valence-corrected chi connectivity index (χ4v) is 2.81. The van der Waals surface area contributed by atoms with Gasteiger partial charge in [0.25, 0.3) is 5.56 Å². The lowest BCUT2D eigenvalue weighted by atomic mass is 10.2. The molecule has 0 radical (unpaired) electrons. The van der Waals surface area contributed by atoms with Gasteiger partial charge in [0, 0.05) is 51.7 Å². The molecule has 0 unspecified atom stereocenters. The van der Waals surface area contributed by atoms with Crippen molar-refractivity contribution in [3.05, 3.63) is 46.6 Å². The number of hydrogen-bond acceptors (Lipinski definition) is 6. The van der Waals surface area contributed by atoms with Gasteiger partial charge in [-0.15, -0.1) is 0 Å². The van der Waals surface area contributed by atoms with E-state index in [2.05, 4.69) is 9.97 Å². The van der Waals surface area contributed by atoms with Gasteiger partial charge < -0.3 is 19.1 Å². The van der Waals surface area contributed by atoms with Gasteiger partial charge in [0.05, 0.1) is 19.2 Å². The minimum Gasteiger partial charge on any atom is -0.481 e. The summed E-state index contributed by atoms with van der Waals surface area (Å²) in [7, 11) is 3.25. The number of carbonyl (C=O) groups is 1. The van der Waals surface area contributed by atoms with E-state index in [0.29, 0.717) is 43.6 Å². The van der Waals surface area contributed by atoms with Gasteiger partial charge >= 0.3 is 0 Å². The van der Waals surface area contributed by atoms with Crippen LogP contribution >= 0.6 is 0 Å². The number of methoxy groups -OCH3 is 1. The average molecular weight is 343 g/mol. The number of piperazine rings is 1. The van der Waals surface area contributed by atoms with E-state index in [9.17, 15) is 9.59 Å². The standard InChI is InChI=1S/C17H21N5O3/c1-20-7-6-18-16(17(20)24)22-10-8-21(9-11-22)15(23)12-13-4-3-5-14(19-13)25-2/h3-7H,8-12H2,1-2H3. The molecule has 3 rings (SSSR count). The Kier molecular flexibility index (Phi) is 4.97. The van der Waals surface area contributed by atoms with Crippen LogP contribution in [0.25, 0.3) is 0 Å². The molecule has 8 nitrogen and oxygen atoms in total. The van der Waals surface area contributed by atoms with Crippen molar-refractivity contribution in [3.8, 4) is 5.88 Å². The Labute approximate surface area is 145 Å². The Morgan fingerprint density at radius 2 is 2.00 bits per heavy atom. The molecule has 2 aromatic heterocycles. The van der Waals surface area contributed by atoms with Crippen molar-refractivity contribution < 1.29 is 9.53 Å². The summed E-state index contributed by atoms with van der Waals surface area (Å²) >= 11 is 0. The van der Waals surface area contributed by atoms with Crippen LogP contribution in [0.2, 0.25) is 0 Å². The Morgan fingerprint density at radius 3 is 2.72 bits per heavy atom. The van der Waals surface area contributed by atoms with Gasteiger partial charge in [0.15, 0.2) is 5.82 Å². The highest BCUT2D eigenvalue weighted by molar-refractivity contribution is 5.78. The number of carbonyl (C=O) groups excluding carboxylic acids is 1. The summed E-state index contributed by atoms with van der Waals surface area (Å²) in [4.78, 5) is 36.8. The molecular weight excluding hydrogens is 322 g/mol. The maximum atomic E-state index is 12.5. The summed E-state index contributed by atoms with van der Waals surface area (Å²) in [6.45, 7) is 2.29. The molecule has 2 aromatic rings. The van der Waals surface area contributed by atoms with Crippen LogP contribution in [0.1, 0.15) is 5.69 Å². The molecule has 1 fully saturated rings. The van der Waals surface area contributed by atoms with Gasteiger partial charge in [0.2, 0.25) is 11.8 Å². The van der Waals surface area contributed by atoms with Crippen molar-refractivity contribution in [2.45, 2.75) is 6.42 Å². The third kappa shape index (κ3) is 3.78. The SMILES string of the molecule is COc1cccc(CC(=O)N2CCN(c3nccn(C)c3=O)CC2)n1. The number of rotatable bonds is 4. The molecule has 0 N–H and O–H groups in total. The first kappa shape index (κ1) is 16.9. The fourth-order valence-electron chi connectivity index (χ4n) is 2.81. The Bertz CT molecular complexity index is 812. The molecule has 0 saturated carbocycles. The van der Waals surface area contributed by atoms with Crippen LogP contribution in [0.15, 0.2) is 35.4 Å². The summed E-state index contributed by atoms with van der Waals surface area (Å²) in [5, 5.41) is 0. The largest absolute Gasteiger partial charge is 0.481 e. The van der Waals surface area contributed by atoms with E-state index in [1.54, 1.807) is 37.5 Å². The first-order valence-corrected chi connectivity index (χ1v) is 8.13. The minimum atomic E-state index is -0.122. The number of pyridine rings is 1. The smallest absolute Gasteiger partial charge is 0.293 e. The molecule has 1 saturated heterocycles. The quantitative estimate of drug-likeness (QED) is 0.782. The molecule has 8 heteroatoms. The third-order valence-corrected chi connectivity index (χ3v) is 4.25. The fraction of sp³-hybridized carbons (Fsp3) is 0.412. The van der Waals surface area contributed by atoms with Gasteiger partial charge in [-0.1, -0.05) is 6.07 Å². The lowest BCUT2D eigenvalue weighted by molar-refractivity contribution is -0.130. The molecule has 0 aromatic carbocycles. The maximum Gasteiger partial charge on any atom is 0.293 e. The highest BCUT2D eigenvalue weighted by Crippen LogP contribution is 2.12. The Morgan fingerprint density at radius 1 is 1.24 bits per heavy atom. The lowest BCUT2D eigenvalue weighted by Gasteiger charge is -2.35. The normalized spacial score (nSPS) is 14.5. The molecule has 0 bridgehead atoms. The molecule has 0 atom stereocenters. The molecule has 1 aliphatic rings. The van der Waals surface area contributed by atoms with E-state index in [0.717, 1.165) is 0 Å². The van der Waals surface area contributed by atoms with Crippen molar-refractivity contribution in [1.29, 1.82) is 0 Å². The Balaban J connectivity index is 1.61. The van der Waals surface area contributed by atoms with Gasteiger partial charge in [0.1, 0.15) is 0 Å². The minimum absolute atomic E-state index is 0.0225. The number of hydrogen-bond donors (Lipinski definition) is 0. The number of anilines is 1. The van der Waals surface area contributed by atoms with E-state index in [1.165, 1.54) is 4.57 Å². The zero-order valence-electron chi connectivity index (χ0n) is 14.4. The number of aromatic nitrogens is 3. The van der Waals surface area contributed by atoms with E-state index in [-0.39, 0.29) is 17.9 Å². The molecule has 1 aliphatic heterocycles. The predicted octanol–water partition coefficient (Wildman–Crippen LogP) is 0.0752. The molecule has 3 heterocycles. The lowest BCUT2D eigenvalue weighted by Crippen LogP contribution is -2.50. The van der Waals surface area contributed by atoms with Crippen molar-refractivity contribution in [2.75, 3.05) is 38.2 Å². The monoisotopic (exact) mass is 343 g/mol. The number of aryl methyl sites for hydroxylation is 1. The van der Waals surface area contributed by atoms with Crippen LogP contribution in [0.5, 0.6) is 5.88 Å². The highest BCUT2D eigenvalue weighted by Gasteiger charge is 2.23. The van der Waals surface area contributed by atoms with E-state index in [4.69, 9.17) is 4.74 Å². The Hall–Kier alpha value is -2.90. The summed E-state index contributed by atoms with van der Waals surface area (Å²) in [5.41, 5.74) is 0.563. The van der Waals surface area contributed by atoms with E-state index < -0.39 is 0 Å². The van der Waals surface area contributed by atoms with Crippen LogP contribution < -0.4 is 15.2 Å². The van der Waals surface area contributed by atoms with Gasteiger partial charge in [-0.25, -0.2) is 9.97 Å². The first-order chi connectivity index (χ1) is 12.1. The third-order valence-electron chi connectivity index (χ3n) is 4.25. The molecule has 132 valence electrons. The second-order valence-electron chi connectivity index (χ2n) is 5.88. The molecular formula is C17H21N5O3. The van der Waals surface area contributed by atoms with Crippen LogP contribution in [0.3, 0.4) is 0 Å². The predicted molar refractivity (Wildman–Crippen MR) is 92.8 cm³/mol. The van der Waals surface area contributed by atoms with Crippen molar-refractivity contribution in [3.63, 3.8) is 0 Å². The van der Waals surface area contributed by atoms with Crippen molar-refractivity contribution in [1.82, 2.24) is 19.4 Å². The number of nitrogens with zero attached hydrogens (tertiary/aromatic N) is 5. The van der Waals surface area contributed by atoms with Gasteiger partial charge in [-0.2, -0.15) is 0 Å². The summed E-state index contributed by atoms with van der Waals surface area (Å²) in [5.74, 6) is 0.960.